The summed E-state index contributed by atoms with van der Waals surface area (Å²) in [5, 5.41) is 4.42. The first-order valence-electron chi connectivity index (χ1n) is 10.3. The standard InChI is InChI=1S/C22H23F6N3O3.2ClH/c1-14-2-3-17(13-19(14)34-9-6-31-4-7-33-8-5-31)29-20(32)30-18-11-15(21(23,24)25)10-16(12-18)22(26,27)28;;/h2-3,10-13H,4-9H2,1H3,(H2,29,30,32);2*1H. The van der Waals surface area contributed by atoms with E-state index < -0.39 is 35.2 Å². The third kappa shape index (κ3) is 9.23. The number of nitrogens with zero attached hydrogens (tertiary/aromatic N) is 1. The third-order valence-electron chi connectivity index (χ3n) is 5.06. The predicted octanol–water partition coefficient (Wildman–Crippen LogP) is 6.23. The Kier molecular flexibility index (Phi) is 11.6. The number of amides is 2. The van der Waals surface area contributed by atoms with Gasteiger partial charge in [-0.2, -0.15) is 26.3 Å². The van der Waals surface area contributed by atoms with E-state index in [0.29, 0.717) is 44.2 Å². The van der Waals surface area contributed by atoms with E-state index in [1.807, 2.05) is 5.32 Å². The Balaban J connectivity index is 0.00000324. The topological polar surface area (TPSA) is 62.8 Å². The average molecular weight is 564 g/mol. The van der Waals surface area contributed by atoms with Gasteiger partial charge in [0.25, 0.3) is 0 Å². The maximum Gasteiger partial charge on any atom is 0.416 e. The summed E-state index contributed by atoms with van der Waals surface area (Å²) in [7, 11) is 0. The van der Waals surface area contributed by atoms with Gasteiger partial charge in [0.05, 0.1) is 24.3 Å². The fraction of sp³-hybridized carbons (Fsp3) is 0.409. The lowest BCUT2D eigenvalue weighted by atomic mass is 10.1. The van der Waals surface area contributed by atoms with Crippen LogP contribution in [0, 0.1) is 6.92 Å². The Bertz CT molecular complexity index is 983. The largest absolute Gasteiger partial charge is 0.492 e. The van der Waals surface area contributed by atoms with Crippen molar-refractivity contribution in [3.05, 3.63) is 53.1 Å². The first kappa shape index (κ1) is 31.6. The number of hydrogen-bond acceptors (Lipinski definition) is 4. The molecule has 36 heavy (non-hydrogen) atoms. The molecule has 0 radical (unpaired) electrons. The number of anilines is 2. The predicted molar refractivity (Wildman–Crippen MR) is 128 cm³/mol. The fourth-order valence-electron chi connectivity index (χ4n) is 3.26. The molecule has 0 spiro atoms. The number of ether oxygens (including phenoxy) is 2. The number of alkyl halides is 6. The molecule has 2 aromatic carbocycles. The summed E-state index contributed by atoms with van der Waals surface area (Å²) in [5.41, 5.74) is -2.64. The molecule has 0 aliphatic carbocycles. The van der Waals surface area contributed by atoms with Crippen LogP contribution in [0.4, 0.5) is 42.5 Å². The van der Waals surface area contributed by atoms with Crippen LogP contribution in [0.25, 0.3) is 0 Å². The van der Waals surface area contributed by atoms with E-state index in [1.165, 1.54) is 12.1 Å². The summed E-state index contributed by atoms with van der Waals surface area (Å²) in [6.07, 6.45) is -10.0. The molecule has 1 saturated heterocycles. The Hall–Kier alpha value is -2.41. The summed E-state index contributed by atoms with van der Waals surface area (Å²) >= 11 is 0. The van der Waals surface area contributed by atoms with E-state index >= 15 is 0 Å². The molecule has 1 heterocycles. The Morgan fingerprint density at radius 2 is 1.47 bits per heavy atom. The van der Waals surface area contributed by atoms with E-state index in [1.54, 1.807) is 13.0 Å². The van der Waals surface area contributed by atoms with Crippen molar-refractivity contribution < 1.29 is 40.6 Å². The molecule has 6 nitrogen and oxygen atoms in total. The van der Waals surface area contributed by atoms with Crippen molar-refractivity contribution in [1.82, 2.24) is 4.90 Å². The number of halogens is 8. The second-order valence-corrected chi connectivity index (χ2v) is 7.66. The first-order chi connectivity index (χ1) is 15.9. The highest BCUT2D eigenvalue weighted by molar-refractivity contribution is 6.00. The zero-order valence-electron chi connectivity index (χ0n) is 19.0. The van der Waals surface area contributed by atoms with Crippen molar-refractivity contribution in [1.29, 1.82) is 0 Å². The number of morpholine rings is 1. The molecule has 2 aromatic rings. The molecular formula is C22H25Cl2F6N3O3. The van der Waals surface area contributed by atoms with Crippen LogP contribution in [0.5, 0.6) is 5.75 Å². The molecule has 1 aliphatic heterocycles. The SMILES string of the molecule is Cc1ccc(NC(=O)Nc2cc(C(F)(F)F)cc(C(F)(F)F)c2)cc1OCCN1CCOCC1.Cl.Cl. The lowest BCUT2D eigenvalue weighted by Gasteiger charge is -2.26. The Morgan fingerprint density at radius 1 is 0.917 bits per heavy atom. The smallest absolute Gasteiger partial charge is 0.416 e. The van der Waals surface area contributed by atoms with E-state index in [2.05, 4.69) is 10.2 Å². The molecule has 0 saturated carbocycles. The van der Waals surface area contributed by atoms with Gasteiger partial charge in [-0.05, 0) is 36.8 Å². The zero-order chi connectivity index (χ0) is 24.9. The van der Waals surface area contributed by atoms with Gasteiger partial charge in [0.1, 0.15) is 12.4 Å². The normalized spacial score (nSPS) is 14.3. The highest BCUT2D eigenvalue weighted by atomic mass is 35.5. The Labute approximate surface area is 216 Å². The quantitative estimate of drug-likeness (QED) is 0.409. The van der Waals surface area contributed by atoms with Gasteiger partial charge in [0, 0.05) is 37.1 Å². The molecule has 2 N–H and O–H groups in total. The molecular weight excluding hydrogens is 539 g/mol. The van der Waals surface area contributed by atoms with E-state index in [-0.39, 0.29) is 36.6 Å². The van der Waals surface area contributed by atoms with Gasteiger partial charge in [0.15, 0.2) is 0 Å². The van der Waals surface area contributed by atoms with E-state index in [0.717, 1.165) is 18.7 Å². The van der Waals surface area contributed by atoms with Crippen LogP contribution < -0.4 is 15.4 Å². The minimum atomic E-state index is -5.02. The van der Waals surface area contributed by atoms with Gasteiger partial charge in [-0.25, -0.2) is 4.79 Å². The van der Waals surface area contributed by atoms with Gasteiger partial charge < -0.3 is 20.1 Å². The number of rotatable bonds is 6. The van der Waals surface area contributed by atoms with Crippen molar-refractivity contribution in [2.45, 2.75) is 19.3 Å². The minimum Gasteiger partial charge on any atom is -0.492 e. The number of benzene rings is 2. The number of nitrogens with one attached hydrogen (secondary N) is 2. The van der Waals surface area contributed by atoms with Crippen LogP contribution in [-0.2, 0) is 17.1 Å². The second kappa shape index (κ2) is 13.2. The van der Waals surface area contributed by atoms with Crippen LogP contribution >= 0.6 is 24.8 Å². The monoisotopic (exact) mass is 563 g/mol. The molecule has 0 bridgehead atoms. The van der Waals surface area contributed by atoms with Crippen molar-refractivity contribution >= 4 is 42.2 Å². The van der Waals surface area contributed by atoms with Crippen LogP contribution in [0.1, 0.15) is 16.7 Å². The summed E-state index contributed by atoms with van der Waals surface area (Å²) in [6, 6.07) is 4.60. The highest BCUT2D eigenvalue weighted by Crippen LogP contribution is 2.37. The fourth-order valence-corrected chi connectivity index (χ4v) is 3.26. The molecule has 3 rings (SSSR count). The number of urea groups is 1. The van der Waals surface area contributed by atoms with Gasteiger partial charge in [-0.15, -0.1) is 24.8 Å². The molecule has 1 aliphatic rings. The minimum absolute atomic E-state index is 0. The molecule has 0 aromatic heterocycles. The first-order valence-corrected chi connectivity index (χ1v) is 10.3. The van der Waals surface area contributed by atoms with Crippen molar-refractivity contribution in [3.8, 4) is 5.75 Å². The Morgan fingerprint density at radius 3 is 2.03 bits per heavy atom. The van der Waals surface area contributed by atoms with Crippen LogP contribution in [0.3, 0.4) is 0 Å². The van der Waals surface area contributed by atoms with Gasteiger partial charge >= 0.3 is 18.4 Å². The van der Waals surface area contributed by atoms with E-state index in [4.69, 9.17) is 9.47 Å². The van der Waals surface area contributed by atoms with Crippen molar-refractivity contribution in [2.24, 2.45) is 0 Å². The van der Waals surface area contributed by atoms with Gasteiger partial charge in [-0.3, -0.25) is 4.90 Å². The van der Waals surface area contributed by atoms with Crippen LogP contribution in [-0.4, -0.2) is 50.4 Å². The lowest BCUT2D eigenvalue weighted by molar-refractivity contribution is -0.143. The molecule has 0 atom stereocenters. The second-order valence-electron chi connectivity index (χ2n) is 7.66. The highest BCUT2D eigenvalue weighted by Gasteiger charge is 2.37. The summed E-state index contributed by atoms with van der Waals surface area (Å²) in [5.74, 6) is 0.490. The van der Waals surface area contributed by atoms with Gasteiger partial charge in [-0.1, -0.05) is 6.07 Å². The van der Waals surface area contributed by atoms with E-state index in [9.17, 15) is 31.1 Å². The number of aryl methyl sites for hydroxylation is 1. The number of carbonyl (C=O) groups excluding carboxylic acids is 1. The summed E-state index contributed by atoms with van der Waals surface area (Å²) in [4.78, 5) is 14.5. The summed E-state index contributed by atoms with van der Waals surface area (Å²) in [6.45, 7) is 5.79. The molecule has 202 valence electrons. The molecule has 0 unspecified atom stereocenters. The molecule has 2 amide bonds. The van der Waals surface area contributed by atoms with Gasteiger partial charge in [0.2, 0.25) is 0 Å². The average Bonchev–Trinajstić information content (AvgIpc) is 2.75. The maximum absolute atomic E-state index is 13.0. The third-order valence-corrected chi connectivity index (χ3v) is 5.06. The van der Waals surface area contributed by atoms with Crippen LogP contribution in [0.2, 0.25) is 0 Å². The molecule has 14 heteroatoms. The number of carbonyl (C=O) groups is 1. The van der Waals surface area contributed by atoms with Crippen LogP contribution in [0.15, 0.2) is 36.4 Å². The number of hydrogen-bond donors (Lipinski definition) is 2. The lowest BCUT2D eigenvalue weighted by Crippen LogP contribution is -2.38. The molecule has 1 fully saturated rings. The maximum atomic E-state index is 13.0. The van der Waals surface area contributed by atoms with Crippen molar-refractivity contribution in [3.63, 3.8) is 0 Å². The zero-order valence-corrected chi connectivity index (χ0v) is 20.6. The summed E-state index contributed by atoms with van der Waals surface area (Å²) < 4.78 is 89.1. The van der Waals surface area contributed by atoms with Crippen molar-refractivity contribution in [2.75, 3.05) is 50.1 Å².